The molecule has 0 aliphatic carbocycles. The van der Waals surface area contributed by atoms with Gasteiger partial charge in [0.15, 0.2) is 0 Å². The van der Waals surface area contributed by atoms with Gasteiger partial charge in [-0.15, -0.1) is 11.3 Å². The second-order valence-electron chi connectivity index (χ2n) is 4.59. The molecule has 0 bridgehead atoms. The Balaban J connectivity index is 2.28. The maximum Gasteiger partial charge on any atom is 0.118 e. The van der Waals surface area contributed by atoms with Gasteiger partial charge in [-0.05, 0) is 54.6 Å². The van der Waals surface area contributed by atoms with Crippen LogP contribution in [0.4, 0.5) is 0 Å². The molecule has 1 aromatic carbocycles. The van der Waals surface area contributed by atoms with Gasteiger partial charge in [-0.1, -0.05) is 19.1 Å². The van der Waals surface area contributed by atoms with Crippen LogP contribution in [0, 0.1) is 6.92 Å². The van der Waals surface area contributed by atoms with Gasteiger partial charge in [-0.2, -0.15) is 0 Å². The van der Waals surface area contributed by atoms with Gasteiger partial charge in [0.05, 0.1) is 13.2 Å². The zero-order valence-electron chi connectivity index (χ0n) is 11.8. The predicted molar refractivity (Wildman–Crippen MR) is 82.2 cm³/mol. The Morgan fingerprint density at radius 1 is 1.21 bits per heavy atom. The van der Waals surface area contributed by atoms with E-state index in [-0.39, 0.29) is 6.04 Å². The lowest BCUT2D eigenvalue weighted by molar-refractivity contribution is 0.414. The highest BCUT2D eigenvalue weighted by Crippen LogP contribution is 2.29. The third-order valence-electron chi connectivity index (χ3n) is 3.26. The smallest absolute Gasteiger partial charge is 0.118 e. The standard InChI is InChI=1S/C16H21NOS/c1-4-10-17-16(15-9-11-19-12(15)2)13-5-7-14(18-3)8-6-13/h5-9,11,16-17H,4,10H2,1-3H3. The van der Waals surface area contributed by atoms with Crippen LogP contribution in [-0.2, 0) is 0 Å². The predicted octanol–water partition coefficient (Wildman–Crippen LogP) is 4.15. The van der Waals surface area contributed by atoms with Crippen LogP contribution in [0.1, 0.15) is 35.4 Å². The number of thiophene rings is 1. The molecule has 0 spiro atoms. The maximum atomic E-state index is 5.23. The van der Waals surface area contributed by atoms with Crippen molar-refractivity contribution in [3.05, 3.63) is 51.7 Å². The van der Waals surface area contributed by atoms with E-state index >= 15 is 0 Å². The molecule has 0 saturated carbocycles. The van der Waals surface area contributed by atoms with Gasteiger partial charge < -0.3 is 10.1 Å². The maximum absolute atomic E-state index is 5.23. The SMILES string of the molecule is CCCNC(c1ccc(OC)cc1)c1ccsc1C. The summed E-state index contributed by atoms with van der Waals surface area (Å²) in [4.78, 5) is 1.38. The first-order chi connectivity index (χ1) is 9.26. The van der Waals surface area contributed by atoms with Crippen molar-refractivity contribution in [3.63, 3.8) is 0 Å². The number of ether oxygens (including phenoxy) is 1. The Bertz CT molecular complexity index is 504. The van der Waals surface area contributed by atoms with Crippen LogP contribution in [0.2, 0.25) is 0 Å². The van der Waals surface area contributed by atoms with E-state index in [1.807, 2.05) is 12.1 Å². The summed E-state index contributed by atoms with van der Waals surface area (Å²) in [5.41, 5.74) is 2.67. The molecule has 19 heavy (non-hydrogen) atoms. The number of rotatable bonds is 6. The first-order valence-corrected chi connectivity index (χ1v) is 7.55. The zero-order valence-corrected chi connectivity index (χ0v) is 12.6. The molecule has 0 amide bonds. The van der Waals surface area contributed by atoms with Crippen LogP contribution < -0.4 is 10.1 Å². The largest absolute Gasteiger partial charge is 0.497 e. The van der Waals surface area contributed by atoms with Crippen LogP contribution in [-0.4, -0.2) is 13.7 Å². The van der Waals surface area contributed by atoms with Crippen molar-refractivity contribution in [2.45, 2.75) is 26.3 Å². The zero-order chi connectivity index (χ0) is 13.7. The average molecular weight is 275 g/mol. The number of hydrogen-bond donors (Lipinski definition) is 1. The van der Waals surface area contributed by atoms with Crippen LogP contribution in [0.15, 0.2) is 35.7 Å². The molecule has 2 nitrogen and oxygen atoms in total. The van der Waals surface area contributed by atoms with Crippen molar-refractivity contribution in [2.75, 3.05) is 13.7 Å². The van der Waals surface area contributed by atoms with E-state index in [2.05, 4.69) is 42.7 Å². The first kappa shape index (κ1) is 14.1. The Morgan fingerprint density at radius 2 is 1.95 bits per heavy atom. The minimum absolute atomic E-state index is 0.275. The molecule has 1 N–H and O–H groups in total. The van der Waals surface area contributed by atoms with E-state index in [0.717, 1.165) is 18.7 Å². The second kappa shape index (κ2) is 6.73. The molecule has 0 saturated heterocycles. The van der Waals surface area contributed by atoms with Crippen LogP contribution in [0.25, 0.3) is 0 Å². The highest BCUT2D eigenvalue weighted by molar-refractivity contribution is 7.10. The first-order valence-electron chi connectivity index (χ1n) is 6.67. The van der Waals surface area contributed by atoms with Crippen molar-refractivity contribution < 1.29 is 4.74 Å². The number of hydrogen-bond acceptors (Lipinski definition) is 3. The normalized spacial score (nSPS) is 12.4. The number of benzene rings is 1. The van der Waals surface area contributed by atoms with Gasteiger partial charge in [-0.3, -0.25) is 0 Å². The number of aryl methyl sites for hydroxylation is 1. The molecule has 1 unspecified atom stereocenters. The second-order valence-corrected chi connectivity index (χ2v) is 5.71. The van der Waals surface area contributed by atoms with Gasteiger partial charge in [0.25, 0.3) is 0 Å². The van der Waals surface area contributed by atoms with Gasteiger partial charge in [-0.25, -0.2) is 0 Å². The molecule has 0 aliphatic rings. The summed E-state index contributed by atoms with van der Waals surface area (Å²) in [6, 6.07) is 10.8. The number of methoxy groups -OCH3 is 1. The van der Waals surface area contributed by atoms with Crippen LogP contribution >= 0.6 is 11.3 Å². The van der Waals surface area contributed by atoms with E-state index in [9.17, 15) is 0 Å². The molecule has 0 fully saturated rings. The number of nitrogens with one attached hydrogen (secondary N) is 1. The van der Waals surface area contributed by atoms with E-state index < -0.39 is 0 Å². The molecule has 1 aromatic heterocycles. The summed E-state index contributed by atoms with van der Waals surface area (Å²) < 4.78 is 5.23. The Labute approximate surface area is 119 Å². The molecular weight excluding hydrogens is 254 g/mol. The van der Waals surface area contributed by atoms with Gasteiger partial charge >= 0.3 is 0 Å². The molecule has 2 aromatic rings. The minimum atomic E-state index is 0.275. The minimum Gasteiger partial charge on any atom is -0.497 e. The van der Waals surface area contributed by atoms with Crippen molar-refractivity contribution in [2.24, 2.45) is 0 Å². The summed E-state index contributed by atoms with van der Waals surface area (Å²) in [7, 11) is 1.70. The molecule has 3 heteroatoms. The van der Waals surface area contributed by atoms with Crippen molar-refractivity contribution in [1.82, 2.24) is 5.32 Å². The van der Waals surface area contributed by atoms with E-state index in [4.69, 9.17) is 4.74 Å². The van der Waals surface area contributed by atoms with Crippen molar-refractivity contribution in [3.8, 4) is 5.75 Å². The summed E-state index contributed by atoms with van der Waals surface area (Å²) >= 11 is 1.80. The lowest BCUT2D eigenvalue weighted by atomic mass is 9.99. The highest BCUT2D eigenvalue weighted by atomic mass is 32.1. The van der Waals surface area contributed by atoms with Gasteiger partial charge in [0.1, 0.15) is 5.75 Å². The molecule has 0 radical (unpaired) electrons. The summed E-state index contributed by atoms with van der Waals surface area (Å²) in [6.07, 6.45) is 1.13. The Morgan fingerprint density at radius 3 is 2.47 bits per heavy atom. The van der Waals surface area contributed by atoms with Crippen LogP contribution in [0.5, 0.6) is 5.75 Å². The molecular formula is C16H21NOS. The van der Waals surface area contributed by atoms with E-state index in [0.29, 0.717) is 0 Å². The van der Waals surface area contributed by atoms with E-state index in [1.165, 1.54) is 16.0 Å². The molecule has 102 valence electrons. The summed E-state index contributed by atoms with van der Waals surface area (Å²) in [5.74, 6) is 0.903. The summed E-state index contributed by atoms with van der Waals surface area (Å²) in [5, 5.41) is 5.79. The fourth-order valence-corrected chi connectivity index (χ4v) is 2.93. The Kier molecular flexibility index (Phi) is 5.00. The average Bonchev–Trinajstić information content (AvgIpc) is 2.86. The van der Waals surface area contributed by atoms with Crippen molar-refractivity contribution >= 4 is 11.3 Å². The summed E-state index contributed by atoms with van der Waals surface area (Å²) in [6.45, 7) is 5.40. The fourth-order valence-electron chi connectivity index (χ4n) is 2.19. The molecule has 1 heterocycles. The van der Waals surface area contributed by atoms with Crippen molar-refractivity contribution in [1.29, 1.82) is 0 Å². The Hall–Kier alpha value is -1.32. The lowest BCUT2D eigenvalue weighted by Gasteiger charge is -2.19. The monoisotopic (exact) mass is 275 g/mol. The third-order valence-corrected chi connectivity index (χ3v) is 4.12. The lowest BCUT2D eigenvalue weighted by Crippen LogP contribution is -2.23. The quantitative estimate of drug-likeness (QED) is 0.855. The topological polar surface area (TPSA) is 21.3 Å². The van der Waals surface area contributed by atoms with Gasteiger partial charge in [0.2, 0.25) is 0 Å². The third kappa shape index (κ3) is 3.37. The van der Waals surface area contributed by atoms with Gasteiger partial charge in [0, 0.05) is 4.88 Å². The van der Waals surface area contributed by atoms with Crippen LogP contribution in [0.3, 0.4) is 0 Å². The fraction of sp³-hybridized carbons (Fsp3) is 0.375. The molecule has 0 aliphatic heterocycles. The highest BCUT2D eigenvalue weighted by Gasteiger charge is 2.16. The molecule has 1 atom stereocenters. The van der Waals surface area contributed by atoms with E-state index in [1.54, 1.807) is 18.4 Å². The molecule has 2 rings (SSSR count).